The Bertz CT molecular complexity index is 245. The van der Waals surface area contributed by atoms with E-state index in [1.165, 1.54) is 12.8 Å². The van der Waals surface area contributed by atoms with Crippen LogP contribution in [0.15, 0.2) is 0 Å². The van der Waals surface area contributed by atoms with Crippen LogP contribution in [0.4, 0.5) is 0 Å². The van der Waals surface area contributed by atoms with Gasteiger partial charge in [0.1, 0.15) is 0 Å². The molecule has 1 amide bonds. The third-order valence-corrected chi connectivity index (χ3v) is 3.83. The number of hydrogen-bond donors (Lipinski definition) is 2. The quantitative estimate of drug-likeness (QED) is 0.687. The maximum absolute atomic E-state index is 11.7. The van der Waals surface area contributed by atoms with E-state index in [0.717, 1.165) is 38.9 Å². The lowest BCUT2D eigenvalue weighted by Crippen LogP contribution is -2.38. The van der Waals surface area contributed by atoms with Crippen LogP contribution in [0.1, 0.15) is 32.1 Å². The first-order chi connectivity index (χ1) is 7.76. The molecule has 0 aromatic rings. The Kier molecular flexibility index (Phi) is 3.82. The standard InChI is InChI=1S/C12H22N2O2/c15-8-5-12(3-4-12)10-13-9-11(16)14-6-1-2-7-14/h13,15H,1-10H2. The number of nitrogens with one attached hydrogen (secondary N) is 1. The molecule has 1 aliphatic heterocycles. The van der Waals surface area contributed by atoms with Crippen LogP contribution in [-0.4, -0.2) is 48.7 Å². The lowest BCUT2D eigenvalue weighted by molar-refractivity contribution is -0.129. The number of carbonyl (C=O) groups is 1. The predicted molar refractivity (Wildman–Crippen MR) is 62.1 cm³/mol. The van der Waals surface area contributed by atoms with Crippen molar-refractivity contribution in [2.45, 2.75) is 32.1 Å². The van der Waals surface area contributed by atoms with E-state index in [1.807, 2.05) is 4.90 Å². The highest BCUT2D eigenvalue weighted by atomic mass is 16.3. The summed E-state index contributed by atoms with van der Waals surface area (Å²) in [5.41, 5.74) is 0.306. The summed E-state index contributed by atoms with van der Waals surface area (Å²) in [5.74, 6) is 0.234. The Morgan fingerprint density at radius 3 is 2.56 bits per heavy atom. The zero-order valence-corrected chi connectivity index (χ0v) is 9.87. The van der Waals surface area contributed by atoms with Crippen molar-refractivity contribution in [3.63, 3.8) is 0 Å². The number of aliphatic hydroxyl groups excluding tert-OH is 1. The second kappa shape index (κ2) is 5.15. The molecular formula is C12H22N2O2. The van der Waals surface area contributed by atoms with Gasteiger partial charge < -0.3 is 15.3 Å². The predicted octanol–water partition coefficient (Wildman–Crippen LogP) is 0.361. The van der Waals surface area contributed by atoms with E-state index in [1.54, 1.807) is 0 Å². The van der Waals surface area contributed by atoms with Crippen LogP contribution in [0.5, 0.6) is 0 Å². The molecule has 1 aliphatic carbocycles. The number of likely N-dealkylation sites (tertiary alicyclic amines) is 1. The van der Waals surface area contributed by atoms with Crippen LogP contribution in [0.2, 0.25) is 0 Å². The summed E-state index contributed by atoms with van der Waals surface area (Å²) in [4.78, 5) is 13.7. The highest BCUT2D eigenvalue weighted by Gasteiger charge is 2.41. The molecule has 0 bridgehead atoms. The first-order valence-corrected chi connectivity index (χ1v) is 6.35. The van der Waals surface area contributed by atoms with Gasteiger partial charge in [-0.3, -0.25) is 4.79 Å². The van der Waals surface area contributed by atoms with Crippen LogP contribution in [-0.2, 0) is 4.79 Å². The molecule has 0 spiro atoms. The summed E-state index contributed by atoms with van der Waals surface area (Å²) in [7, 11) is 0. The van der Waals surface area contributed by atoms with Crippen LogP contribution < -0.4 is 5.32 Å². The van der Waals surface area contributed by atoms with Crippen molar-refractivity contribution in [1.29, 1.82) is 0 Å². The first kappa shape index (κ1) is 11.9. The number of aliphatic hydroxyl groups is 1. The van der Waals surface area contributed by atoms with Gasteiger partial charge in [0.05, 0.1) is 6.54 Å². The zero-order valence-electron chi connectivity index (χ0n) is 9.87. The highest BCUT2D eigenvalue weighted by molar-refractivity contribution is 5.78. The van der Waals surface area contributed by atoms with Gasteiger partial charge in [-0.1, -0.05) is 0 Å². The third kappa shape index (κ3) is 2.95. The average molecular weight is 226 g/mol. The maximum Gasteiger partial charge on any atom is 0.236 e. The van der Waals surface area contributed by atoms with E-state index in [2.05, 4.69) is 5.32 Å². The van der Waals surface area contributed by atoms with Crippen LogP contribution in [0.25, 0.3) is 0 Å². The molecule has 4 heteroatoms. The molecule has 2 rings (SSSR count). The summed E-state index contributed by atoms with van der Waals surface area (Å²) < 4.78 is 0. The van der Waals surface area contributed by atoms with E-state index < -0.39 is 0 Å². The smallest absolute Gasteiger partial charge is 0.236 e. The van der Waals surface area contributed by atoms with Gasteiger partial charge in [-0.15, -0.1) is 0 Å². The molecule has 0 aromatic carbocycles. The fraction of sp³-hybridized carbons (Fsp3) is 0.917. The van der Waals surface area contributed by atoms with Crippen molar-refractivity contribution < 1.29 is 9.90 Å². The molecule has 2 N–H and O–H groups in total. The van der Waals surface area contributed by atoms with E-state index >= 15 is 0 Å². The second-order valence-corrected chi connectivity index (χ2v) is 5.17. The molecule has 1 heterocycles. The van der Waals surface area contributed by atoms with E-state index in [0.29, 0.717) is 12.0 Å². The molecule has 2 fully saturated rings. The number of carbonyl (C=O) groups excluding carboxylic acids is 1. The topological polar surface area (TPSA) is 52.6 Å². The van der Waals surface area contributed by atoms with Crippen molar-refractivity contribution in [2.75, 3.05) is 32.8 Å². The van der Waals surface area contributed by atoms with Crippen LogP contribution in [0, 0.1) is 5.41 Å². The first-order valence-electron chi connectivity index (χ1n) is 6.35. The van der Waals surface area contributed by atoms with Gasteiger partial charge in [0.25, 0.3) is 0 Å². The van der Waals surface area contributed by atoms with Gasteiger partial charge in [-0.05, 0) is 37.5 Å². The normalized spacial score (nSPS) is 22.4. The largest absolute Gasteiger partial charge is 0.396 e. The van der Waals surface area contributed by atoms with Crippen molar-refractivity contribution in [2.24, 2.45) is 5.41 Å². The summed E-state index contributed by atoms with van der Waals surface area (Å²) in [6.45, 7) is 3.48. The fourth-order valence-electron chi connectivity index (χ4n) is 2.44. The second-order valence-electron chi connectivity index (χ2n) is 5.17. The Balaban J connectivity index is 1.62. The molecule has 4 nitrogen and oxygen atoms in total. The van der Waals surface area contributed by atoms with Crippen molar-refractivity contribution in [1.82, 2.24) is 10.2 Å². The molecule has 1 saturated heterocycles. The summed E-state index contributed by atoms with van der Waals surface area (Å²) in [6, 6.07) is 0. The highest BCUT2D eigenvalue weighted by Crippen LogP contribution is 2.47. The van der Waals surface area contributed by atoms with E-state index in [9.17, 15) is 4.79 Å². The maximum atomic E-state index is 11.7. The molecule has 2 aliphatic rings. The van der Waals surface area contributed by atoms with Gasteiger partial charge in [0.15, 0.2) is 0 Å². The molecule has 1 saturated carbocycles. The fourth-order valence-corrected chi connectivity index (χ4v) is 2.44. The number of hydrogen-bond acceptors (Lipinski definition) is 3. The van der Waals surface area contributed by atoms with E-state index in [-0.39, 0.29) is 12.5 Å². The SMILES string of the molecule is O=C(CNCC1(CCO)CC1)N1CCCC1. The molecule has 0 aromatic heterocycles. The minimum absolute atomic E-state index is 0.234. The molecule has 92 valence electrons. The number of amides is 1. The van der Waals surface area contributed by atoms with Gasteiger partial charge in [-0.2, -0.15) is 0 Å². The van der Waals surface area contributed by atoms with Gasteiger partial charge in [0.2, 0.25) is 5.91 Å². The van der Waals surface area contributed by atoms with Gasteiger partial charge in [0, 0.05) is 26.2 Å². The lowest BCUT2D eigenvalue weighted by Gasteiger charge is -2.18. The molecule has 0 atom stereocenters. The minimum atomic E-state index is 0.234. The summed E-state index contributed by atoms with van der Waals surface area (Å²) in [5, 5.41) is 12.2. The van der Waals surface area contributed by atoms with Crippen LogP contribution >= 0.6 is 0 Å². The van der Waals surface area contributed by atoms with Crippen molar-refractivity contribution in [3.8, 4) is 0 Å². The Morgan fingerprint density at radius 1 is 1.31 bits per heavy atom. The molecule has 0 radical (unpaired) electrons. The monoisotopic (exact) mass is 226 g/mol. The lowest BCUT2D eigenvalue weighted by atomic mass is 10.0. The zero-order chi connectivity index (χ0) is 11.4. The Labute approximate surface area is 97.0 Å². The minimum Gasteiger partial charge on any atom is -0.396 e. The number of nitrogens with zero attached hydrogens (tertiary/aromatic N) is 1. The average Bonchev–Trinajstić information content (AvgIpc) is 2.83. The van der Waals surface area contributed by atoms with Crippen LogP contribution in [0.3, 0.4) is 0 Å². The van der Waals surface area contributed by atoms with E-state index in [4.69, 9.17) is 5.11 Å². The van der Waals surface area contributed by atoms with Crippen molar-refractivity contribution in [3.05, 3.63) is 0 Å². The number of rotatable bonds is 6. The summed E-state index contributed by atoms with van der Waals surface area (Å²) in [6.07, 6.45) is 5.56. The Hall–Kier alpha value is -0.610. The summed E-state index contributed by atoms with van der Waals surface area (Å²) >= 11 is 0. The molecule has 16 heavy (non-hydrogen) atoms. The van der Waals surface area contributed by atoms with Gasteiger partial charge >= 0.3 is 0 Å². The third-order valence-electron chi connectivity index (χ3n) is 3.83. The van der Waals surface area contributed by atoms with Crippen molar-refractivity contribution >= 4 is 5.91 Å². The Morgan fingerprint density at radius 2 is 2.00 bits per heavy atom. The molecular weight excluding hydrogens is 204 g/mol. The molecule has 0 unspecified atom stereocenters. The van der Waals surface area contributed by atoms with Gasteiger partial charge in [-0.25, -0.2) is 0 Å².